The summed E-state index contributed by atoms with van der Waals surface area (Å²) in [5.41, 5.74) is 4.79. The molecule has 4 rings (SSSR count). The summed E-state index contributed by atoms with van der Waals surface area (Å²) >= 11 is 0. The highest BCUT2D eigenvalue weighted by Gasteiger charge is 2.35. The van der Waals surface area contributed by atoms with Gasteiger partial charge in [0.2, 0.25) is 11.8 Å². The average Bonchev–Trinajstić information content (AvgIpc) is 3.02. The highest BCUT2D eigenvalue weighted by atomic mass is 32.2. The number of sulfonamides is 1. The second-order valence-corrected chi connectivity index (χ2v) is 13.6. The van der Waals surface area contributed by atoms with Gasteiger partial charge in [0.15, 0.2) is 0 Å². The number of hydrogen-bond acceptors (Lipinski definition) is 4. The zero-order chi connectivity index (χ0) is 32.6. The fourth-order valence-corrected chi connectivity index (χ4v) is 6.63. The van der Waals surface area contributed by atoms with Crippen LogP contribution in [-0.2, 0) is 32.6 Å². The van der Waals surface area contributed by atoms with Crippen molar-refractivity contribution in [3.8, 4) is 0 Å². The van der Waals surface area contributed by atoms with Crippen molar-refractivity contribution < 1.29 is 18.0 Å². The summed E-state index contributed by atoms with van der Waals surface area (Å²) < 4.78 is 29.6. The standard InChI is InChI=1S/C37H43N3O4S/c1-6-30(5)38-37(42)35(24-31-13-9-7-10-14-31)39(25-32-15-11-8-12-16-32)36(41)26-40(33-22-28(3)21-29(4)23-33)45(43,44)34-19-17-27(2)18-20-34/h7-23,30,35H,6,24-26H2,1-5H3,(H,38,42). The van der Waals surface area contributed by atoms with Crippen molar-refractivity contribution in [1.29, 1.82) is 0 Å². The molecular formula is C37H43N3O4S. The molecule has 0 aliphatic carbocycles. The van der Waals surface area contributed by atoms with Gasteiger partial charge in [0.05, 0.1) is 10.6 Å². The molecule has 7 nitrogen and oxygen atoms in total. The zero-order valence-corrected chi connectivity index (χ0v) is 27.6. The zero-order valence-electron chi connectivity index (χ0n) is 26.7. The van der Waals surface area contributed by atoms with E-state index in [1.165, 1.54) is 9.21 Å². The van der Waals surface area contributed by atoms with E-state index < -0.39 is 28.5 Å². The lowest BCUT2D eigenvalue weighted by atomic mass is 10.0. The van der Waals surface area contributed by atoms with Crippen molar-refractivity contribution in [1.82, 2.24) is 10.2 Å². The molecule has 0 saturated heterocycles. The lowest BCUT2D eigenvalue weighted by Crippen LogP contribution is -2.54. The van der Waals surface area contributed by atoms with Crippen molar-refractivity contribution in [3.63, 3.8) is 0 Å². The lowest BCUT2D eigenvalue weighted by Gasteiger charge is -2.34. The Morgan fingerprint density at radius 3 is 1.87 bits per heavy atom. The molecule has 0 bridgehead atoms. The number of hydrogen-bond donors (Lipinski definition) is 1. The average molecular weight is 626 g/mol. The number of anilines is 1. The summed E-state index contributed by atoms with van der Waals surface area (Å²) in [4.78, 5) is 30.1. The number of nitrogens with one attached hydrogen (secondary N) is 1. The normalized spacial score (nSPS) is 12.6. The second-order valence-electron chi connectivity index (χ2n) is 11.7. The number of amides is 2. The minimum absolute atomic E-state index is 0.0880. The Balaban J connectivity index is 1.82. The molecule has 45 heavy (non-hydrogen) atoms. The molecule has 236 valence electrons. The monoisotopic (exact) mass is 625 g/mol. The molecule has 8 heteroatoms. The molecule has 1 N–H and O–H groups in total. The molecule has 4 aromatic carbocycles. The van der Waals surface area contributed by atoms with E-state index in [2.05, 4.69) is 5.32 Å². The summed E-state index contributed by atoms with van der Waals surface area (Å²) in [7, 11) is -4.15. The van der Waals surface area contributed by atoms with Crippen LogP contribution in [0, 0.1) is 20.8 Å². The first-order valence-electron chi connectivity index (χ1n) is 15.3. The van der Waals surface area contributed by atoms with Gasteiger partial charge in [-0.05, 0) is 80.6 Å². The summed E-state index contributed by atoms with van der Waals surface area (Å²) in [6.45, 7) is 9.25. The molecule has 0 heterocycles. The van der Waals surface area contributed by atoms with Crippen LogP contribution in [0.1, 0.15) is 48.1 Å². The lowest BCUT2D eigenvalue weighted by molar-refractivity contribution is -0.140. The van der Waals surface area contributed by atoms with Crippen LogP contribution in [0.15, 0.2) is 108 Å². The molecule has 0 fully saturated rings. The molecule has 0 aliphatic rings. The van der Waals surface area contributed by atoms with Crippen LogP contribution in [0.3, 0.4) is 0 Å². The van der Waals surface area contributed by atoms with Gasteiger partial charge in [0, 0.05) is 19.0 Å². The van der Waals surface area contributed by atoms with E-state index in [4.69, 9.17) is 0 Å². The van der Waals surface area contributed by atoms with Gasteiger partial charge in [-0.15, -0.1) is 0 Å². The molecule has 2 atom stereocenters. The second kappa shape index (κ2) is 15.0. The van der Waals surface area contributed by atoms with Crippen molar-refractivity contribution in [2.24, 2.45) is 0 Å². The number of carbonyl (C=O) groups excluding carboxylic acids is 2. The maximum absolute atomic E-state index is 14.6. The maximum atomic E-state index is 14.6. The van der Waals surface area contributed by atoms with Crippen molar-refractivity contribution in [2.75, 3.05) is 10.8 Å². The first-order chi connectivity index (χ1) is 21.5. The van der Waals surface area contributed by atoms with Gasteiger partial charge in [0.25, 0.3) is 10.0 Å². The molecule has 0 saturated carbocycles. The summed E-state index contributed by atoms with van der Waals surface area (Å²) in [5.74, 6) is -0.759. The summed E-state index contributed by atoms with van der Waals surface area (Å²) in [5, 5.41) is 3.07. The van der Waals surface area contributed by atoms with Crippen molar-refractivity contribution in [3.05, 3.63) is 131 Å². The van der Waals surface area contributed by atoms with Crippen LogP contribution in [-0.4, -0.2) is 43.8 Å². The largest absolute Gasteiger partial charge is 0.352 e. The van der Waals surface area contributed by atoms with E-state index in [9.17, 15) is 18.0 Å². The van der Waals surface area contributed by atoms with Crippen molar-refractivity contribution in [2.45, 2.75) is 71.0 Å². The van der Waals surface area contributed by atoms with Gasteiger partial charge < -0.3 is 10.2 Å². The smallest absolute Gasteiger partial charge is 0.264 e. The van der Waals surface area contributed by atoms with Crippen LogP contribution in [0.25, 0.3) is 0 Å². The van der Waals surface area contributed by atoms with E-state index in [1.54, 1.807) is 36.4 Å². The van der Waals surface area contributed by atoms with E-state index in [1.807, 2.05) is 101 Å². The molecule has 0 spiro atoms. The Morgan fingerprint density at radius 2 is 1.31 bits per heavy atom. The third-order valence-corrected chi connectivity index (χ3v) is 9.64. The number of aryl methyl sites for hydroxylation is 3. The third kappa shape index (κ3) is 8.82. The Kier molecular flexibility index (Phi) is 11.2. The Bertz CT molecular complexity index is 1670. The quantitative estimate of drug-likeness (QED) is 0.187. The van der Waals surface area contributed by atoms with Crippen LogP contribution in [0.5, 0.6) is 0 Å². The van der Waals surface area contributed by atoms with E-state index in [0.29, 0.717) is 5.69 Å². The van der Waals surface area contributed by atoms with Crippen LogP contribution in [0.4, 0.5) is 5.69 Å². The third-order valence-electron chi connectivity index (χ3n) is 7.85. The SMILES string of the molecule is CCC(C)NC(=O)C(Cc1ccccc1)N(Cc1ccccc1)C(=O)CN(c1cc(C)cc(C)c1)S(=O)(=O)c1ccc(C)cc1. The highest BCUT2D eigenvalue weighted by Crippen LogP contribution is 2.27. The Labute approximate surface area is 268 Å². The maximum Gasteiger partial charge on any atom is 0.264 e. The van der Waals surface area contributed by atoms with Crippen molar-refractivity contribution >= 4 is 27.5 Å². The number of nitrogens with zero attached hydrogens (tertiary/aromatic N) is 2. The van der Waals surface area contributed by atoms with E-state index >= 15 is 0 Å². The van der Waals surface area contributed by atoms with Crippen LogP contribution in [0.2, 0.25) is 0 Å². The van der Waals surface area contributed by atoms with Gasteiger partial charge in [-0.1, -0.05) is 91.3 Å². The Hall–Kier alpha value is -4.43. The summed E-state index contributed by atoms with van der Waals surface area (Å²) in [6, 6.07) is 30.1. The minimum atomic E-state index is -4.15. The van der Waals surface area contributed by atoms with Crippen LogP contribution >= 0.6 is 0 Å². The fraction of sp³-hybridized carbons (Fsp3) is 0.297. The van der Waals surface area contributed by atoms with E-state index in [0.717, 1.165) is 34.2 Å². The Morgan fingerprint density at radius 1 is 0.756 bits per heavy atom. The topological polar surface area (TPSA) is 86.8 Å². The summed E-state index contributed by atoms with van der Waals surface area (Å²) in [6.07, 6.45) is 1.00. The molecule has 0 radical (unpaired) electrons. The van der Waals surface area contributed by atoms with E-state index in [-0.39, 0.29) is 29.8 Å². The van der Waals surface area contributed by atoms with Crippen LogP contribution < -0.4 is 9.62 Å². The first kappa shape index (κ1) is 33.5. The number of benzene rings is 4. The van der Waals surface area contributed by atoms with Gasteiger partial charge in [-0.25, -0.2) is 8.42 Å². The minimum Gasteiger partial charge on any atom is -0.352 e. The molecular weight excluding hydrogens is 582 g/mol. The number of rotatable bonds is 13. The number of carbonyl (C=O) groups is 2. The van der Waals surface area contributed by atoms with Gasteiger partial charge in [-0.3, -0.25) is 13.9 Å². The van der Waals surface area contributed by atoms with Gasteiger partial charge in [-0.2, -0.15) is 0 Å². The molecule has 4 aromatic rings. The highest BCUT2D eigenvalue weighted by molar-refractivity contribution is 7.92. The molecule has 2 amide bonds. The molecule has 0 aromatic heterocycles. The molecule has 0 aliphatic heterocycles. The molecule has 2 unspecified atom stereocenters. The van der Waals surface area contributed by atoms with Gasteiger partial charge >= 0.3 is 0 Å². The predicted molar refractivity (Wildman–Crippen MR) is 180 cm³/mol. The fourth-order valence-electron chi connectivity index (χ4n) is 5.24. The van der Waals surface area contributed by atoms with Gasteiger partial charge in [0.1, 0.15) is 12.6 Å². The predicted octanol–water partition coefficient (Wildman–Crippen LogP) is 6.36. The first-order valence-corrected chi connectivity index (χ1v) is 16.8.